The van der Waals surface area contributed by atoms with Gasteiger partial charge in [0, 0.05) is 19.1 Å². The van der Waals surface area contributed by atoms with Gasteiger partial charge in [0.25, 0.3) is 0 Å². The number of amides is 1. The monoisotopic (exact) mass is 290 g/mol. The van der Waals surface area contributed by atoms with Crippen molar-refractivity contribution in [3.05, 3.63) is 29.8 Å². The molecule has 1 fully saturated rings. The van der Waals surface area contributed by atoms with Crippen molar-refractivity contribution in [2.24, 2.45) is 11.7 Å². The van der Waals surface area contributed by atoms with Gasteiger partial charge in [-0.3, -0.25) is 4.79 Å². The molecule has 0 bridgehead atoms. The number of rotatable bonds is 5. The number of nitrogens with two attached hydrogens (primary N) is 1. The summed E-state index contributed by atoms with van der Waals surface area (Å²) in [5.41, 5.74) is 6.86. The van der Waals surface area contributed by atoms with Crippen LogP contribution in [0.15, 0.2) is 24.3 Å². The predicted molar refractivity (Wildman–Crippen MR) is 84.3 cm³/mol. The summed E-state index contributed by atoms with van der Waals surface area (Å²) >= 11 is 0. The van der Waals surface area contributed by atoms with Crippen LogP contribution >= 0.6 is 0 Å². The van der Waals surface area contributed by atoms with Crippen LogP contribution in [0.25, 0.3) is 0 Å². The molecule has 21 heavy (non-hydrogen) atoms. The summed E-state index contributed by atoms with van der Waals surface area (Å²) in [7, 11) is 0. The third-order valence-electron chi connectivity index (χ3n) is 4.16. The quantitative estimate of drug-likeness (QED) is 0.904. The van der Waals surface area contributed by atoms with E-state index in [9.17, 15) is 4.79 Å². The van der Waals surface area contributed by atoms with Gasteiger partial charge in [0.1, 0.15) is 5.75 Å². The summed E-state index contributed by atoms with van der Waals surface area (Å²) in [6.45, 7) is 6.24. The minimum absolute atomic E-state index is 0.182. The van der Waals surface area contributed by atoms with Gasteiger partial charge in [0.05, 0.1) is 13.0 Å². The van der Waals surface area contributed by atoms with Crippen molar-refractivity contribution in [1.82, 2.24) is 4.90 Å². The number of hydrogen-bond acceptors (Lipinski definition) is 3. The van der Waals surface area contributed by atoms with Crippen LogP contribution < -0.4 is 10.5 Å². The van der Waals surface area contributed by atoms with E-state index in [1.807, 2.05) is 36.1 Å². The largest absolute Gasteiger partial charge is 0.494 e. The summed E-state index contributed by atoms with van der Waals surface area (Å²) in [4.78, 5) is 14.5. The Hall–Kier alpha value is -1.55. The van der Waals surface area contributed by atoms with Gasteiger partial charge < -0.3 is 15.4 Å². The molecule has 1 aromatic rings. The highest BCUT2D eigenvalue weighted by Gasteiger charge is 2.28. The Labute approximate surface area is 127 Å². The first-order valence-corrected chi connectivity index (χ1v) is 7.85. The van der Waals surface area contributed by atoms with Crippen LogP contribution in [0, 0.1) is 5.92 Å². The van der Waals surface area contributed by atoms with Gasteiger partial charge in [0.2, 0.25) is 5.91 Å². The van der Waals surface area contributed by atoms with Crippen molar-refractivity contribution in [3.8, 4) is 5.75 Å². The molecule has 2 unspecified atom stereocenters. The molecule has 0 aliphatic carbocycles. The topological polar surface area (TPSA) is 55.6 Å². The van der Waals surface area contributed by atoms with Gasteiger partial charge in [-0.15, -0.1) is 0 Å². The Morgan fingerprint density at radius 3 is 2.71 bits per heavy atom. The lowest BCUT2D eigenvalue weighted by Gasteiger charge is -2.38. The van der Waals surface area contributed by atoms with Gasteiger partial charge in [-0.2, -0.15) is 0 Å². The molecule has 2 rings (SSSR count). The number of carbonyl (C=O) groups is 1. The molecular weight excluding hydrogens is 264 g/mol. The van der Waals surface area contributed by atoms with Crippen molar-refractivity contribution >= 4 is 5.91 Å². The molecule has 1 amide bonds. The number of benzene rings is 1. The minimum Gasteiger partial charge on any atom is -0.494 e. The number of carbonyl (C=O) groups excluding carboxylic acids is 1. The van der Waals surface area contributed by atoms with Crippen molar-refractivity contribution in [2.45, 2.75) is 39.2 Å². The van der Waals surface area contributed by atoms with Crippen LogP contribution in [0.1, 0.15) is 32.3 Å². The molecule has 1 aliphatic rings. The summed E-state index contributed by atoms with van der Waals surface area (Å²) in [5, 5.41) is 0. The van der Waals surface area contributed by atoms with Crippen molar-refractivity contribution in [3.63, 3.8) is 0 Å². The molecule has 4 nitrogen and oxygen atoms in total. The number of likely N-dealkylation sites (tertiary alicyclic amines) is 1. The summed E-state index contributed by atoms with van der Waals surface area (Å²) in [6, 6.07) is 7.97. The maximum Gasteiger partial charge on any atom is 0.227 e. The van der Waals surface area contributed by atoms with Crippen molar-refractivity contribution in [1.29, 1.82) is 0 Å². The van der Waals surface area contributed by atoms with Crippen LogP contribution in [0.2, 0.25) is 0 Å². The second-order valence-corrected chi connectivity index (χ2v) is 5.86. The van der Waals surface area contributed by atoms with Crippen LogP contribution in [0.3, 0.4) is 0 Å². The molecule has 1 heterocycles. The van der Waals surface area contributed by atoms with Gasteiger partial charge in [-0.1, -0.05) is 19.1 Å². The molecule has 4 heteroatoms. The molecule has 116 valence electrons. The summed E-state index contributed by atoms with van der Waals surface area (Å²) < 4.78 is 5.42. The van der Waals surface area contributed by atoms with Crippen LogP contribution in [0.4, 0.5) is 0 Å². The highest BCUT2D eigenvalue weighted by Crippen LogP contribution is 2.23. The molecule has 0 aromatic heterocycles. The number of ether oxygens (including phenoxy) is 1. The fourth-order valence-corrected chi connectivity index (χ4v) is 2.95. The smallest absolute Gasteiger partial charge is 0.227 e. The molecule has 2 N–H and O–H groups in total. The van der Waals surface area contributed by atoms with Crippen molar-refractivity contribution in [2.75, 3.05) is 19.7 Å². The Morgan fingerprint density at radius 1 is 1.38 bits per heavy atom. The number of hydrogen-bond donors (Lipinski definition) is 1. The lowest BCUT2D eigenvalue weighted by atomic mass is 9.92. The van der Waals surface area contributed by atoms with E-state index in [1.165, 1.54) is 0 Å². The molecule has 1 aromatic carbocycles. The van der Waals surface area contributed by atoms with E-state index in [0.717, 1.165) is 30.7 Å². The van der Waals surface area contributed by atoms with Gasteiger partial charge in [-0.25, -0.2) is 0 Å². The normalized spacial score (nSPS) is 22.1. The third-order valence-corrected chi connectivity index (χ3v) is 4.16. The lowest BCUT2D eigenvalue weighted by molar-refractivity contribution is -0.134. The van der Waals surface area contributed by atoms with E-state index in [4.69, 9.17) is 10.5 Å². The summed E-state index contributed by atoms with van der Waals surface area (Å²) in [6.07, 6.45) is 2.54. The molecule has 0 saturated carbocycles. The maximum atomic E-state index is 12.5. The van der Waals surface area contributed by atoms with E-state index < -0.39 is 0 Å². The molecule has 0 radical (unpaired) electrons. The van der Waals surface area contributed by atoms with Gasteiger partial charge in [-0.05, 0) is 43.4 Å². The molecule has 1 aliphatic heterocycles. The third kappa shape index (κ3) is 4.21. The Kier molecular flexibility index (Phi) is 5.62. The average Bonchev–Trinajstić information content (AvgIpc) is 2.49. The van der Waals surface area contributed by atoms with Crippen LogP contribution in [0.5, 0.6) is 5.75 Å². The molecule has 0 spiro atoms. The van der Waals surface area contributed by atoms with Gasteiger partial charge >= 0.3 is 0 Å². The van der Waals surface area contributed by atoms with E-state index >= 15 is 0 Å². The number of piperidine rings is 1. The SMILES string of the molecule is CCOc1ccc(CC(=O)N2CCC(C)CC2CN)cc1. The zero-order valence-corrected chi connectivity index (χ0v) is 13.0. The Balaban J connectivity index is 1.96. The van der Waals surface area contributed by atoms with Crippen LogP contribution in [-0.4, -0.2) is 36.5 Å². The zero-order valence-electron chi connectivity index (χ0n) is 13.0. The van der Waals surface area contributed by atoms with Gasteiger partial charge in [0.15, 0.2) is 0 Å². The second-order valence-electron chi connectivity index (χ2n) is 5.86. The molecular formula is C17H26N2O2. The van der Waals surface area contributed by atoms with Crippen molar-refractivity contribution < 1.29 is 9.53 Å². The lowest BCUT2D eigenvalue weighted by Crippen LogP contribution is -2.49. The predicted octanol–water partition coefficient (Wildman–Crippen LogP) is 2.21. The first-order chi connectivity index (χ1) is 10.1. The van der Waals surface area contributed by atoms with E-state index in [0.29, 0.717) is 25.5 Å². The first kappa shape index (κ1) is 15.8. The van der Waals surface area contributed by atoms with E-state index in [2.05, 4.69) is 6.92 Å². The highest BCUT2D eigenvalue weighted by molar-refractivity contribution is 5.79. The fraction of sp³-hybridized carbons (Fsp3) is 0.588. The maximum absolute atomic E-state index is 12.5. The standard InChI is InChI=1S/C17H26N2O2/c1-3-21-16-6-4-14(5-7-16)11-17(20)19-9-8-13(2)10-15(19)12-18/h4-7,13,15H,3,8-12,18H2,1-2H3. The first-order valence-electron chi connectivity index (χ1n) is 7.85. The number of nitrogens with zero attached hydrogens (tertiary/aromatic N) is 1. The highest BCUT2D eigenvalue weighted by atomic mass is 16.5. The summed E-state index contributed by atoms with van der Waals surface area (Å²) in [5.74, 6) is 1.69. The second kappa shape index (κ2) is 7.46. The zero-order chi connectivity index (χ0) is 15.2. The van der Waals surface area contributed by atoms with E-state index in [1.54, 1.807) is 0 Å². The average molecular weight is 290 g/mol. The molecule has 1 saturated heterocycles. The Morgan fingerprint density at radius 2 is 2.10 bits per heavy atom. The fourth-order valence-electron chi connectivity index (χ4n) is 2.95. The minimum atomic E-state index is 0.182. The van der Waals surface area contributed by atoms with E-state index in [-0.39, 0.29) is 11.9 Å². The molecule has 2 atom stereocenters. The van der Waals surface area contributed by atoms with Crippen LogP contribution in [-0.2, 0) is 11.2 Å². The Bertz CT molecular complexity index is 458.